The van der Waals surface area contributed by atoms with Gasteiger partial charge in [0.25, 0.3) is 0 Å². The lowest BCUT2D eigenvalue weighted by molar-refractivity contribution is 0.437. The van der Waals surface area contributed by atoms with Crippen LogP contribution < -0.4 is 5.32 Å². The van der Waals surface area contributed by atoms with Gasteiger partial charge >= 0.3 is 0 Å². The van der Waals surface area contributed by atoms with E-state index in [0.717, 1.165) is 17.7 Å². The summed E-state index contributed by atoms with van der Waals surface area (Å²) in [6.07, 6.45) is 7.39. The van der Waals surface area contributed by atoms with E-state index in [4.69, 9.17) is 0 Å². The summed E-state index contributed by atoms with van der Waals surface area (Å²) in [5, 5.41) is 11.4. The van der Waals surface area contributed by atoms with Crippen LogP contribution in [0, 0.1) is 11.8 Å². The summed E-state index contributed by atoms with van der Waals surface area (Å²) in [5.41, 5.74) is 0. The number of fused-ring (bicyclic) bond motifs is 1. The van der Waals surface area contributed by atoms with Crippen molar-refractivity contribution >= 4 is 5.82 Å². The van der Waals surface area contributed by atoms with Gasteiger partial charge in [-0.05, 0) is 24.7 Å². The Labute approximate surface area is 83.7 Å². The van der Waals surface area contributed by atoms with Crippen molar-refractivity contribution in [2.45, 2.75) is 31.7 Å². The summed E-state index contributed by atoms with van der Waals surface area (Å²) in [6, 6.07) is 0.672. The minimum Gasteiger partial charge on any atom is -0.366 e. The predicted octanol–water partition coefficient (Wildman–Crippen LogP) is 1.42. The first-order valence-corrected chi connectivity index (χ1v) is 5.46. The number of aromatic nitrogens is 3. The molecule has 2 saturated carbocycles. The molecule has 0 bridgehead atoms. The zero-order valence-electron chi connectivity index (χ0n) is 8.48. The molecule has 4 nitrogen and oxygen atoms in total. The van der Waals surface area contributed by atoms with Crippen LogP contribution in [0.15, 0.2) is 6.20 Å². The van der Waals surface area contributed by atoms with Gasteiger partial charge < -0.3 is 5.32 Å². The molecule has 3 atom stereocenters. The van der Waals surface area contributed by atoms with Crippen molar-refractivity contribution in [3.63, 3.8) is 0 Å². The summed E-state index contributed by atoms with van der Waals surface area (Å²) in [6.45, 7) is 0. The van der Waals surface area contributed by atoms with Crippen molar-refractivity contribution in [3.05, 3.63) is 6.20 Å². The largest absolute Gasteiger partial charge is 0.366 e. The molecule has 3 rings (SSSR count). The molecule has 2 aliphatic rings. The van der Waals surface area contributed by atoms with Crippen molar-refractivity contribution < 1.29 is 0 Å². The molecule has 2 aliphatic carbocycles. The van der Waals surface area contributed by atoms with E-state index in [9.17, 15) is 0 Å². The number of hydrogen-bond donors (Lipinski definition) is 1. The van der Waals surface area contributed by atoms with E-state index in [1.165, 1.54) is 25.7 Å². The summed E-state index contributed by atoms with van der Waals surface area (Å²) in [7, 11) is 1.93. The molecule has 1 aromatic heterocycles. The van der Waals surface area contributed by atoms with E-state index in [2.05, 4.69) is 15.6 Å². The Morgan fingerprint density at radius 3 is 3.21 bits per heavy atom. The van der Waals surface area contributed by atoms with Crippen molar-refractivity contribution in [2.75, 3.05) is 5.32 Å². The Morgan fingerprint density at radius 1 is 1.50 bits per heavy atom. The van der Waals surface area contributed by atoms with Crippen molar-refractivity contribution in [2.24, 2.45) is 18.9 Å². The number of aryl methyl sites for hydroxylation is 1. The predicted molar refractivity (Wildman–Crippen MR) is 53.9 cm³/mol. The Balaban J connectivity index is 1.69. The van der Waals surface area contributed by atoms with Crippen LogP contribution >= 0.6 is 0 Å². The molecule has 0 aromatic carbocycles. The summed E-state index contributed by atoms with van der Waals surface area (Å²) >= 11 is 0. The molecule has 0 amide bonds. The molecule has 0 saturated heterocycles. The van der Waals surface area contributed by atoms with Crippen LogP contribution in [0.3, 0.4) is 0 Å². The molecule has 4 heteroatoms. The van der Waals surface area contributed by atoms with Gasteiger partial charge in [0.15, 0.2) is 0 Å². The van der Waals surface area contributed by atoms with E-state index in [1.54, 1.807) is 0 Å². The highest BCUT2D eigenvalue weighted by molar-refractivity contribution is 5.33. The van der Waals surface area contributed by atoms with Crippen LogP contribution in [0.5, 0.6) is 0 Å². The summed E-state index contributed by atoms with van der Waals surface area (Å²) in [5.74, 6) is 3.00. The second kappa shape index (κ2) is 2.97. The average molecular weight is 192 g/mol. The molecule has 0 aliphatic heterocycles. The van der Waals surface area contributed by atoms with E-state index in [1.807, 2.05) is 17.9 Å². The Bertz CT molecular complexity index is 333. The van der Waals surface area contributed by atoms with Crippen LogP contribution in [0.4, 0.5) is 5.82 Å². The minimum atomic E-state index is 0.672. The molecule has 14 heavy (non-hydrogen) atoms. The maximum Gasteiger partial charge on any atom is 0.144 e. The highest BCUT2D eigenvalue weighted by atomic mass is 15.4. The number of rotatable bonds is 2. The van der Waals surface area contributed by atoms with Crippen molar-refractivity contribution in [3.8, 4) is 0 Å². The van der Waals surface area contributed by atoms with E-state index in [0.29, 0.717) is 6.04 Å². The normalized spacial score (nSPS) is 35.1. The quantitative estimate of drug-likeness (QED) is 0.770. The van der Waals surface area contributed by atoms with Crippen molar-refractivity contribution in [1.29, 1.82) is 0 Å². The molecule has 1 N–H and O–H groups in total. The number of nitrogens with zero attached hydrogens (tertiary/aromatic N) is 3. The Hall–Kier alpha value is -1.06. The second-order valence-corrected chi connectivity index (χ2v) is 4.58. The molecule has 76 valence electrons. The lowest BCUT2D eigenvalue weighted by atomic mass is 9.95. The summed E-state index contributed by atoms with van der Waals surface area (Å²) < 4.78 is 1.81. The monoisotopic (exact) mass is 192 g/mol. The topological polar surface area (TPSA) is 42.7 Å². The standard InChI is InChI=1S/C10H16N4/c1-14-10(6-11-13-14)12-9-4-2-3-7-5-8(7)9/h6-9,12H,2-5H2,1H3. The number of hydrogen-bond acceptors (Lipinski definition) is 3. The molecular formula is C10H16N4. The first-order valence-electron chi connectivity index (χ1n) is 5.46. The van der Waals surface area contributed by atoms with Gasteiger partial charge in [0, 0.05) is 13.1 Å². The fourth-order valence-electron chi connectivity index (χ4n) is 2.70. The molecule has 1 aromatic rings. The van der Waals surface area contributed by atoms with Gasteiger partial charge in [-0.2, -0.15) is 0 Å². The van der Waals surface area contributed by atoms with Gasteiger partial charge in [0.2, 0.25) is 0 Å². The Morgan fingerprint density at radius 2 is 2.43 bits per heavy atom. The summed E-state index contributed by atoms with van der Waals surface area (Å²) in [4.78, 5) is 0. The molecule has 1 heterocycles. The molecular weight excluding hydrogens is 176 g/mol. The van der Waals surface area contributed by atoms with Crippen LogP contribution in [0.25, 0.3) is 0 Å². The highest BCUT2D eigenvalue weighted by Gasteiger charge is 2.45. The minimum absolute atomic E-state index is 0.672. The van der Waals surface area contributed by atoms with E-state index in [-0.39, 0.29) is 0 Å². The first kappa shape index (κ1) is 8.26. The van der Waals surface area contributed by atoms with E-state index < -0.39 is 0 Å². The maximum absolute atomic E-state index is 3.92. The lowest BCUT2D eigenvalue weighted by Gasteiger charge is -2.23. The first-order chi connectivity index (χ1) is 6.84. The van der Waals surface area contributed by atoms with Crippen LogP contribution in [0.2, 0.25) is 0 Å². The fourth-order valence-corrected chi connectivity index (χ4v) is 2.70. The second-order valence-electron chi connectivity index (χ2n) is 4.58. The molecule has 0 spiro atoms. The van der Waals surface area contributed by atoms with Gasteiger partial charge in [-0.3, -0.25) is 0 Å². The fraction of sp³-hybridized carbons (Fsp3) is 0.800. The van der Waals surface area contributed by atoms with Gasteiger partial charge in [-0.25, -0.2) is 4.68 Å². The third kappa shape index (κ3) is 1.29. The van der Waals surface area contributed by atoms with Crippen LogP contribution in [-0.4, -0.2) is 21.0 Å². The molecule has 2 fully saturated rings. The van der Waals surface area contributed by atoms with Gasteiger partial charge in [0.05, 0.1) is 6.20 Å². The van der Waals surface area contributed by atoms with Crippen LogP contribution in [-0.2, 0) is 7.05 Å². The zero-order chi connectivity index (χ0) is 9.54. The van der Waals surface area contributed by atoms with Crippen molar-refractivity contribution in [1.82, 2.24) is 15.0 Å². The number of anilines is 1. The highest BCUT2D eigenvalue weighted by Crippen LogP contribution is 2.50. The van der Waals surface area contributed by atoms with Gasteiger partial charge in [0.1, 0.15) is 5.82 Å². The lowest BCUT2D eigenvalue weighted by Crippen LogP contribution is -2.26. The average Bonchev–Trinajstić information content (AvgIpc) is 2.87. The third-order valence-corrected chi connectivity index (χ3v) is 3.63. The smallest absolute Gasteiger partial charge is 0.144 e. The number of nitrogens with one attached hydrogen (secondary N) is 1. The maximum atomic E-state index is 3.92. The van der Waals surface area contributed by atoms with Gasteiger partial charge in [-0.15, -0.1) is 5.10 Å². The van der Waals surface area contributed by atoms with Gasteiger partial charge in [-0.1, -0.05) is 18.1 Å². The van der Waals surface area contributed by atoms with E-state index >= 15 is 0 Å². The molecule has 3 unspecified atom stereocenters. The van der Waals surface area contributed by atoms with Crippen LogP contribution in [0.1, 0.15) is 25.7 Å². The molecule has 0 radical (unpaired) electrons. The Kier molecular flexibility index (Phi) is 1.75. The zero-order valence-corrected chi connectivity index (χ0v) is 8.48. The SMILES string of the molecule is Cn1nncc1NC1CCCC2CC21. The third-order valence-electron chi connectivity index (χ3n) is 3.63.